The third kappa shape index (κ3) is 3.10. The molecule has 1 unspecified atom stereocenters. The molecule has 0 aromatic heterocycles. The van der Waals surface area contributed by atoms with E-state index in [9.17, 15) is 4.79 Å². The van der Waals surface area contributed by atoms with Gasteiger partial charge in [0.1, 0.15) is 11.5 Å². The summed E-state index contributed by atoms with van der Waals surface area (Å²) in [6.45, 7) is 0.867. The molecule has 1 saturated heterocycles. The van der Waals surface area contributed by atoms with Gasteiger partial charge >= 0.3 is 5.97 Å². The minimum absolute atomic E-state index is 0.0599. The van der Waals surface area contributed by atoms with Crippen molar-refractivity contribution in [2.24, 2.45) is 0 Å². The summed E-state index contributed by atoms with van der Waals surface area (Å²) in [7, 11) is 3.22. The molecule has 1 N–H and O–H groups in total. The van der Waals surface area contributed by atoms with Gasteiger partial charge in [-0.2, -0.15) is 0 Å². The molecular formula is C14H19NO4. The van der Waals surface area contributed by atoms with E-state index >= 15 is 0 Å². The van der Waals surface area contributed by atoms with E-state index in [-0.39, 0.29) is 12.5 Å². The molecule has 1 heterocycles. The third-order valence-corrected chi connectivity index (χ3v) is 3.45. The highest BCUT2D eigenvalue weighted by Gasteiger charge is 2.27. The summed E-state index contributed by atoms with van der Waals surface area (Å²) in [5, 5.41) is 4.02. The van der Waals surface area contributed by atoms with Crippen molar-refractivity contribution in [3.63, 3.8) is 0 Å². The number of aliphatic carboxylic acids is 1. The Labute approximate surface area is 114 Å². The van der Waals surface area contributed by atoms with Crippen LogP contribution in [0.3, 0.4) is 0 Å². The summed E-state index contributed by atoms with van der Waals surface area (Å²) in [5.41, 5.74) is 0.960. The van der Waals surface area contributed by atoms with Gasteiger partial charge in [-0.05, 0) is 12.8 Å². The summed E-state index contributed by atoms with van der Waals surface area (Å²) in [4.78, 5) is 13.4. The summed E-state index contributed by atoms with van der Waals surface area (Å²) in [6, 6.07) is 5.72. The summed E-state index contributed by atoms with van der Waals surface area (Å²) >= 11 is 0. The lowest BCUT2D eigenvalue weighted by Crippen LogP contribution is -2.31. The molecule has 0 radical (unpaired) electrons. The van der Waals surface area contributed by atoms with Crippen molar-refractivity contribution in [2.45, 2.75) is 25.3 Å². The van der Waals surface area contributed by atoms with Gasteiger partial charge in [0.15, 0.2) is 0 Å². The lowest BCUT2D eigenvalue weighted by molar-refractivity contribution is -0.137. The first kappa shape index (κ1) is 12.1. The van der Waals surface area contributed by atoms with Crippen LogP contribution < -0.4 is 14.4 Å². The van der Waals surface area contributed by atoms with E-state index in [1.165, 1.54) is 0 Å². The van der Waals surface area contributed by atoms with Crippen molar-refractivity contribution < 1.29 is 19.4 Å². The van der Waals surface area contributed by atoms with Crippen molar-refractivity contribution in [3.05, 3.63) is 18.2 Å². The van der Waals surface area contributed by atoms with E-state index < -0.39 is 5.97 Å². The molecule has 104 valence electrons. The van der Waals surface area contributed by atoms with Crippen LogP contribution in [0, 0.1) is 0 Å². The number of nitrogens with zero attached hydrogens (tertiary/aromatic N) is 1. The standard InChI is InChI=1S/C14H19NO4/c1-18-12-6-11(7-13(9-12)19-2)15-5-3-4-10(15)8-14(16)17/h6-7,9-10H,3-5,8H2,1-2H3,(H,16,17)/i/hD. The fraction of sp³-hybridized carbons (Fsp3) is 0.500. The molecule has 0 spiro atoms. The number of hydrogen-bond donors (Lipinski definition) is 1. The van der Waals surface area contributed by atoms with Crippen molar-refractivity contribution >= 4 is 11.7 Å². The number of carboxylic acids is 1. The lowest BCUT2D eigenvalue weighted by atomic mass is 10.1. The molecule has 0 saturated carbocycles. The summed E-state index contributed by atoms with van der Waals surface area (Å²) in [5.74, 6) is 0.929. The molecule has 1 fully saturated rings. The van der Waals surface area contributed by atoms with Gasteiger partial charge < -0.3 is 19.5 Å². The minimum Gasteiger partial charge on any atom is -0.497 e. The highest BCUT2D eigenvalue weighted by molar-refractivity contribution is 5.69. The SMILES string of the molecule is [2H]OC(=O)CC1CCCN1c1cc(OC)cc(OC)c1. The number of carbonyl (C=O) groups is 1. The van der Waals surface area contributed by atoms with E-state index in [4.69, 9.17) is 10.9 Å². The number of rotatable bonds is 5. The molecule has 0 aliphatic carbocycles. The van der Waals surface area contributed by atoms with E-state index in [0.29, 0.717) is 11.5 Å². The molecule has 1 atom stereocenters. The Morgan fingerprint density at radius 3 is 2.68 bits per heavy atom. The number of carboxylic acid groups (broad SMARTS) is 1. The maximum Gasteiger partial charge on any atom is 0.305 e. The first-order chi connectivity index (χ1) is 9.67. The maximum absolute atomic E-state index is 11.3. The highest BCUT2D eigenvalue weighted by atomic mass is 16.5. The maximum atomic E-state index is 11.3. The van der Waals surface area contributed by atoms with Crippen LogP contribution >= 0.6 is 0 Å². The highest BCUT2D eigenvalue weighted by Crippen LogP contribution is 2.33. The third-order valence-electron chi connectivity index (χ3n) is 3.45. The van der Waals surface area contributed by atoms with E-state index in [1.807, 2.05) is 18.2 Å². The van der Waals surface area contributed by atoms with Crippen LogP contribution in [-0.4, -0.2) is 37.9 Å². The molecular weight excluding hydrogens is 246 g/mol. The van der Waals surface area contributed by atoms with Crippen molar-refractivity contribution in [2.75, 3.05) is 25.7 Å². The summed E-state index contributed by atoms with van der Waals surface area (Å²) in [6.07, 6.45) is 2.15. The van der Waals surface area contributed by atoms with Crippen LogP contribution in [0.4, 0.5) is 5.69 Å². The molecule has 19 heavy (non-hydrogen) atoms. The average Bonchev–Trinajstić information content (AvgIpc) is 2.94. The Morgan fingerprint density at radius 2 is 2.11 bits per heavy atom. The van der Waals surface area contributed by atoms with E-state index in [0.717, 1.165) is 25.1 Å². The predicted octanol–water partition coefficient (Wildman–Crippen LogP) is 2.15. The van der Waals surface area contributed by atoms with Crippen LogP contribution in [0.25, 0.3) is 1.43 Å². The number of ether oxygens (including phenoxy) is 2. The van der Waals surface area contributed by atoms with Gasteiger partial charge in [0.05, 0.1) is 20.6 Å². The van der Waals surface area contributed by atoms with Gasteiger partial charge in [-0.1, -0.05) is 0 Å². The molecule has 0 amide bonds. The number of anilines is 1. The Hall–Kier alpha value is -1.91. The molecule has 5 nitrogen and oxygen atoms in total. The van der Waals surface area contributed by atoms with Gasteiger partial charge in [-0.25, -0.2) is 0 Å². The molecule has 1 aromatic carbocycles. The van der Waals surface area contributed by atoms with Crippen LogP contribution in [-0.2, 0) is 4.79 Å². The second-order valence-corrected chi connectivity index (χ2v) is 4.64. The Morgan fingerprint density at radius 1 is 1.42 bits per heavy atom. The fourth-order valence-electron chi connectivity index (χ4n) is 2.54. The van der Waals surface area contributed by atoms with E-state index in [2.05, 4.69) is 10.0 Å². The van der Waals surface area contributed by atoms with Gasteiger partial charge in [-0.15, -0.1) is 0 Å². The number of benzene rings is 1. The zero-order chi connectivity index (χ0) is 14.5. The molecule has 5 heteroatoms. The van der Waals surface area contributed by atoms with Crippen molar-refractivity contribution in [3.8, 4) is 11.5 Å². The van der Waals surface area contributed by atoms with Gasteiger partial charge in [0.25, 0.3) is 1.43 Å². The Bertz CT molecular complexity index is 458. The monoisotopic (exact) mass is 266 g/mol. The normalized spacial score (nSPS) is 18.9. The first-order valence-corrected chi connectivity index (χ1v) is 6.33. The zero-order valence-corrected chi connectivity index (χ0v) is 11.2. The largest absolute Gasteiger partial charge is 0.497 e. The van der Waals surface area contributed by atoms with Crippen LogP contribution in [0.1, 0.15) is 19.3 Å². The number of methoxy groups -OCH3 is 2. The lowest BCUT2D eigenvalue weighted by Gasteiger charge is -2.26. The summed E-state index contributed by atoms with van der Waals surface area (Å²) < 4.78 is 17.2. The zero-order valence-electron chi connectivity index (χ0n) is 12.2. The minimum atomic E-state index is -0.503. The molecule has 1 aliphatic rings. The molecule has 1 aliphatic heterocycles. The van der Waals surface area contributed by atoms with E-state index in [1.54, 1.807) is 14.2 Å². The average molecular weight is 266 g/mol. The van der Waals surface area contributed by atoms with Crippen molar-refractivity contribution in [1.29, 1.82) is 1.43 Å². The first-order valence-electron chi connectivity index (χ1n) is 6.74. The smallest absolute Gasteiger partial charge is 0.305 e. The number of hydrogen-bond acceptors (Lipinski definition) is 5. The van der Waals surface area contributed by atoms with Crippen LogP contribution in [0.5, 0.6) is 11.5 Å². The van der Waals surface area contributed by atoms with Crippen LogP contribution in [0.15, 0.2) is 18.2 Å². The quantitative estimate of drug-likeness (QED) is 0.885. The molecule has 2 rings (SSSR count). The Kier molecular flexibility index (Phi) is 3.72. The Balaban J connectivity index is 2.22. The topological polar surface area (TPSA) is 59.0 Å². The fourth-order valence-corrected chi connectivity index (χ4v) is 2.54. The van der Waals surface area contributed by atoms with Gasteiger partial charge in [0, 0.05) is 36.5 Å². The second-order valence-electron chi connectivity index (χ2n) is 4.64. The predicted molar refractivity (Wildman–Crippen MR) is 72.2 cm³/mol. The molecule has 1 aromatic rings. The van der Waals surface area contributed by atoms with Crippen LogP contribution in [0.2, 0.25) is 0 Å². The van der Waals surface area contributed by atoms with Crippen molar-refractivity contribution in [1.82, 2.24) is 0 Å². The molecule has 0 bridgehead atoms. The van der Waals surface area contributed by atoms with Gasteiger partial charge in [-0.3, -0.25) is 4.79 Å². The second kappa shape index (κ2) is 5.82. The van der Waals surface area contributed by atoms with Gasteiger partial charge in [0.2, 0.25) is 0 Å².